The molecule has 1 aliphatic rings. The lowest BCUT2D eigenvalue weighted by atomic mass is 9.92. The van der Waals surface area contributed by atoms with Gasteiger partial charge in [0.1, 0.15) is 0 Å². The van der Waals surface area contributed by atoms with Crippen LogP contribution in [0.15, 0.2) is 0 Å². The van der Waals surface area contributed by atoms with Crippen molar-refractivity contribution in [3.8, 4) is 0 Å². The Labute approximate surface area is 78.4 Å². The van der Waals surface area contributed by atoms with Gasteiger partial charge in [0.05, 0.1) is 13.7 Å². The lowest BCUT2D eigenvalue weighted by molar-refractivity contribution is -0.141. The summed E-state index contributed by atoms with van der Waals surface area (Å²) in [6, 6.07) is 0.179. The quantitative estimate of drug-likeness (QED) is 0.646. The van der Waals surface area contributed by atoms with Gasteiger partial charge in [-0.2, -0.15) is 0 Å². The van der Waals surface area contributed by atoms with Crippen molar-refractivity contribution in [1.29, 1.82) is 0 Å². The summed E-state index contributed by atoms with van der Waals surface area (Å²) in [6.45, 7) is 1.42. The maximum Gasteiger partial charge on any atom is 0.305 e. The zero-order valence-corrected chi connectivity index (χ0v) is 7.99. The Morgan fingerprint density at radius 3 is 3.08 bits per heavy atom. The first kappa shape index (κ1) is 10.5. The SMILES string of the molecule is COC(=O)CC[C@H]1COCC[C@H]1N. The lowest BCUT2D eigenvalue weighted by Crippen LogP contribution is -2.38. The third-order valence-corrected chi connectivity index (χ3v) is 2.48. The second-order valence-electron chi connectivity index (χ2n) is 3.40. The molecule has 0 amide bonds. The van der Waals surface area contributed by atoms with Crippen LogP contribution in [-0.4, -0.2) is 32.3 Å². The van der Waals surface area contributed by atoms with Crippen LogP contribution in [0.25, 0.3) is 0 Å². The zero-order chi connectivity index (χ0) is 9.68. The molecule has 0 aromatic rings. The molecule has 4 nitrogen and oxygen atoms in total. The molecule has 0 bridgehead atoms. The second kappa shape index (κ2) is 5.19. The van der Waals surface area contributed by atoms with E-state index in [-0.39, 0.29) is 12.0 Å². The number of carbonyl (C=O) groups is 1. The van der Waals surface area contributed by atoms with E-state index >= 15 is 0 Å². The summed E-state index contributed by atoms with van der Waals surface area (Å²) in [5, 5.41) is 0. The molecule has 0 radical (unpaired) electrons. The lowest BCUT2D eigenvalue weighted by Gasteiger charge is -2.28. The number of hydrogen-bond donors (Lipinski definition) is 1. The van der Waals surface area contributed by atoms with Crippen LogP contribution in [0.4, 0.5) is 0 Å². The minimum Gasteiger partial charge on any atom is -0.469 e. The van der Waals surface area contributed by atoms with E-state index in [0.29, 0.717) is 18.9 Å². The first-order valence-corrected chi connectivity index (χ1v) is 4.64. The Bertz CT molecular complexity index is 172. The third-order valence-electron chi connectivity index (χ3n) is 2.48. The van der Waals surface area contributed by atoms with Gasteiger partial charge in [-0.3, -0.25) is 4.79 Å². The molecule has 76 valence electrons. The summed E-state index contributed by atoms with van der Waals surface area (Å²) in [7, 11) is 1.40. The number of hydrogen-bond acceptors (Lipinski definition) is 4. The number of esters is 1. The highest BCUT2D eigenvalue weighted by atomic mass is 16.5. The van der Waals surface area contributed by atoms with Crippen molar-refractivity contribution in [3.05, 3.63) is 0 Å². The van der Waals surface area contributed by atoms with Gasteiger partial charge < -0.3 is 15.2 Å². The molecule has 0 unspecified atom stereocenters. The number of nitrogens with two attached hydrogens (primary N) is 1. The average molecular weight is 187 g/mol. The second-order valence-corrected chi connectivity index (χ2v) is 3.40. The van der Waals surface area contributed by atoms with Crippen LogP contribution in [0.1, 0.15) is 19.3 Å². The van der Waals surface area contributed by atoms with Crippen LogP contribution in [0.2, 0.25) is 0 Å². The van der Waals surface area contributed by atoms with E-state index in [1.54, 1.807) is 0 Å². The van der Waals surface area contributed by atoms with E-state index in [2.05, 4.69) is 4.74 Å². The normalized spacial score (nSPS) is 28.5. The summed E-state index contributed by atoms with van der Waals surface area (Å²) in [5.41, 5.74) is 5.87. The van der Waals surface area contributed by atoms with Crippen LogP contribution in [0.5, 0.6) is 0 Å². The predicted molar refractivity (Wildman–Crippen MR) is 48.2 cm³/mol. The molecule has 0 aromatic heterocycles. The van der Waals surface area contributed by atoms with E-state index in [0.717, 1.165) is 19.4 Å². The smallest absolute Gasteiger partial charge is 0.305 e. The Balaban J connectivity index is 2.22. The van der Waals surface area contributed by atoms with E-state index in [1.807, 2.05) is 0 Å². The Morgan fingerprint density at radius 2 is 2.46 bits per heavy atom. The van der Waals surface area contributed by atoms with Crippen molar-refractivity contribution in [2.75, 3.05) is 20.3 Å². The molecule has 1 heterocycles. The number of rotatable bonds is 3. The molecule has 1 fully saturated rings. The van der Waals surface area contributed by atoms with E-state index in [4.69, 9.17) is 10.5 Å². The molecule has 1 saturated heterocycles. The maximum atomic E-state index is 10.9. The van der Waals surface area contributed by atoms with Crippen LogP contribution in [-0.2, 0) is 14.3 Å². The van der Waals surface area contributed by atoms with E-state index < -0.39 is 0 Å². The topological polar surface area (TPSA) is 61.5 Å². The van der Waals surface area contributed by atoms with Crippen LogP contribution < -0.4 is 5.73 Å². The Hall–Kier alpha value is -0.610. The molecule has 2 atom stereocenters. The summed E-state index contributed by atoms with van der Waals surface area (Å²) in [6.07, 6.45) is 2.11. The predicted octanol–water partition coefficient (Wildman–Crippen LogP) is 0.303. The van der Waals surface area contributed by atoms with Crippen molar-refractivity contribution in [3.63, 3.8) is 0 Å². The molecular weight excluding hydrogens is 170 g/mol. The van der Waals surface area contributed by atoms with Crippen molar-refractivity contribution in [2.45, 2.75) is 25.3 Å². The number of methoxy groups -OCH3 is 1. The van der Waals surface area contributed by atoms with Gasteiger partial charge in [-0.05, 0) is 18.8 Å². The molecule has 4 heteroatoms. The summed E-state index contributed by atoms with van der Waals surface area (Å²) >= 11 is 0. The van der Waals surface area contributed by atoms with E-state index in [1.165, 1.54) is 7.11 Å². The Kier molecular flexibility index (Phi) is 4.18. The zero-order valence-electron chi connectivity index (χ0n) is 7.99. The molecule has 1 rings (SSSR count). The summed E-state index contributed by atoms with van der Waals surface area (Å²) in [4.78, 5) is 10.9. The molecule has 13 heavy (non-hydrogen) atoms. The molecule has 1 aliphatic heterocycles. The molecular formula is C9H17NO3. The first-order chi connectivity index (χ1) is 6.24. The van der Waals surface area contributed by atoms with Crippen molar-refractivity contribution in [1.82, 2.24) is 0 Å². The van der Waals surface area contributed by atoms with Crippen molar-refractivity contribution < 1.29 is 14.3 Å². The van der Waals surface area contributed by atoms with Gasteiger partial charge in [0.25, 0.3) is 0 Å². The highest BCUT2D eigenvalue weighted by Gasteiger charge is 2.22. The van der Waals surface area contributed by atoms with E-state index in [9.17, 15) is 4.79 Å². The highest BCUT2D eigenvalue weighted by Crippen LogP contribution is 2.18. The van der Waals surface area contributed by atoms with Crippen molar-refractivity contribution >= 4 is 5.97 Å². The number of ether oxygens (including phenoxy) is 2. The largest absolute Gasteiger partial charge is 0.469 e. The van der Waals surface area contributed by atoms with Gasteiger partial charge in [-0.25, -0.2) is 0 Å². The fraction of sp³-hybridized carbons (Fsp3) is 0.889. The summed E-state index contributed by atoms with van der Waals surface area (Å²) in [5.74, 6) is 0.144. The van der Waals surface area contributed by atoms with Gasteiger partial charge in [0.15, 0.2) is 0 Å². The molecule has 0 aliphatic carbocycles. The van der Waals surface area contributed by atoms with Gasteiger partial charge in [-0.1, -0.05) is 0 Å². The third kappa shape index (κ3) is 3.32. The highest BCUT2D eigenvalue weighted by molar-refractivity contribution is 5.69. The van der Waals surface area contributed by atoms with Gasteiger partial charge in [0.2, 0.25) is 0 Å². The molecule has 0 spiro atoms. The first-order valence-electron chi connectivity index (χ1n) is 4.64. The van der Waals surface area contributed by atoms with Crippen LogP contribution in [0.3, 0.4) is 0 Å². The minimum atomic E-state index is -0.169. The fourth-order valence-corrected chi connectivity index (χ4v) is 1.52. The standard InChI is InChI=1S/C9H17NO3/c1-12-9(11)3-2-7-6-13-5-4-8(7)10/h7-8H,2-6,10H2,1H3/t7-,8+/m0/s1. The molecule has 2 N–H and O–H groups in total. The van der Waals surface area contributed by atoms with Crippen molar-refractivity contribution in [2.24, 2.45) is 11.7 Å². The monoisotopic (exact) mass is 187 g/mol. The van der Waals surface area contributed by atoms with Gasteiger partial charge in [-0.15, -0.1) is 0 Å². The Morgan fingerprint density at radius 1 is 1.69 bits per heavy atom. The van der Waals surface area contributed by atoms with Crippen LogP contribution >= 0.6 is 0 Å². The summed E-state index contributed by atoms with van der Waals surface area (Å²) < 4.78 is 9.84. The fourth-order valence-electron chi connectivity index (χ4n) is 1.52. The van der Waals surface area contributed by atoms with Gasteiger partial charge >= 0.3 is 5.97 Å². The maximum absolute atomic E-state index is 10.9. The number of carbonyl (C=O) groups excluding carboxylic acids is 1. The van der Waals surface area contributed by atoms with Gasteiger partial charge in [0, 0.05) is 19.1 Å². The average Bonchev–Trinajstić information content (AvgIpc) is 2.16. The minimum absolute atomic E-state index is 0.169. The molecule has 0 aromatic carbocycles. The van der Waals surface area contributed by atoms with Crippen LogP contribution in [0, 0.1) is 5.92 Å². The molecule has 0 saturated carbocycles.